The summed E-state index contributed by atoms with van der Waals surface area (Å²) in [4.78, 5) is 9.64. The molecule has 0 radical (unpaired) electrons. The normalized spacial score (nSPS) is 12.0. The van der Waals surface area contributed by atoms with Crippen LogP contribution in [0.3, 0.4) is 0 Å². The zero-order chi connectivity index (χ0) is 9.68. The summed E-state index contributed by atoms with van der Waals surface area (Å²) in [6, 6.07) is 0. The minimum Gasteiger partial charge on any atom is -0.387 e. The van der Waals surface area contributed by atoms with Gasteiger partial charge in [-0.05, 0) is 13.3 Å². The standard InChI is InChI=1S/C9H15N3S/c1-3-4-9(10)11-5-8-7(2)12-6-13-8/h6H,3-5H2,1-2H3,(H2,10,11). The average Bonchev–Trinajstić information content (AvgIpc) is 2.48. The van der Waals surface area contributed by atoms with E-state index >= 15 is 0 Å². The number of amidine groups is 1. The number of nitrogens with two attached hydrogens (primary N) is 1. The first kappa shape index (κ1) is 10.2. The van der Waals surface area contributed by atoms with Gasteiger partial charge in [-0.2, -0.15) is 0 Å². The van der Waals surface area contributed by atoms with Crippen LogP contribution in [0.5, 0.6) is 0 Å². The Kier molecular flexibility index (Phi) is 3.89. The molecule has 1 aromatic rings. The molecule has 72 valence electrons. The molecule has 0 aliphatic rings. The zero-order valence-corrected chi connectivity index (χ0v) is 8.90. The largest absolute Gasteiger partial charge is 0.387 e. The van der Waals surface area contributed by atoms with E-state index in [-0.39, 0.29) is 0 Å². The molecule has 4 heteroatoms. The zero-order valence-electron chi connectivity index (χ0n) is 8.08. The summed E-state index contributed by atoms with van der Waals surface area (Å²) in [6.07, 6.45) is 1.94. The Morgan fingerprint density at radius 1 is 1.69 bits per heavy atom. The van der Waals surface area contributed by atoms with Gasteiger partial charge in [-0.25, -0.2) is 4.98 Å². The molecule has 0 aliphatic heterocycles. The molecule has 0 saturated heterocycles. The Labute approximate surface area is 82.7 Å². The van der Waals surface area contributed by atoms with Crippen LogP contribution in [0.25, 0.3) is 0 Å². The molecule has 3 nitrogen and oxygen atoms in total. The molecule has 2 N–H and O–H groups in total. The highest BCUT2D eigenvalue weighted by Crippen LogP contribution is 2.12. The molecule has 0 spiro atoms. The predicted octanol–water partition coefficient (Wildman–Crippen LogP) is 2.11. The van der Waals surface area contributed by atoms with E-state index in [1.54, 1.807) is 11.3 Å². The summed E-state index contributed by atoms with van der Waals surface area (Å²) in [6.45, 7) is 4.78. The van der Waals surface area contributed by atoms with Gasteiger partial charge in [-0.1, -0.05) is 6.92 Å². The predicted molar refractivity (Wildman–Crippen MR) is 57.1 cm³/mol. The summed E-state index contributed by atoms with van der Waals surface area (Å²) in [5.74, 6) is 0.746. The monoisotopic (exact) mass is 197 g/mol. The lowest BCUT2D eigenvalue weighted by Gasteiger charge is -1.97. The Balaban J connectivity index is 2.51. The summed E-state index contributed by atoms with van der Waals surface area (Å²) in [5.41, 5.74) is 8.60. The third-order valence-corrected chi connectivity index (χ3v) is 2.70. The fourth-order valence-electron chi connectivity index (χ4n) is 0.987. The molecule has 1 heterocycles. The van der Waals surface area contributed by atoms with Gasteiger partial charge in [-0.3, -0.25) is 4.99 Å². The van der Waals surface area contributed by atoms with Crippen molar-refractivity contribution < 1.29 is 0 Å². The highest BCUT2D eigenvalue weighted by Gasteiger charge is 1.99. The van der Waals surface area contributed by atoms with E-state index in [1.165, 1.54) is 4.88 Å². The molecule has 1 rings (SSSR count). The van der Waals surface area contributed by atoms with Crippen molar-refractivity contribution >= 4 is 17.2 Å². The van der Waals surface area contributed by atoms with Crippen LogP contribution in [-0.2, 0) is 6.54 Å². The fourth-order valence-corrected chi connectivity index (χ4v) is 1.69. The fraction of sp³-hybridized carbons (Fsp3) is 0.556. The highest BCUT2D eigenvalue weighted by atomic mass is 32.1. The first-order valence-corrected chi connectivity index (χ1v) is 5.29. The van der Waals surface area contributed by atoms with E-state index < -0.39 is 0 Å². The second-order valence-electron chi connectivity index (χ2n) is 2.92. The van der Waals surface area contributed by atoms with E-state index in [2.05, 4.69) is 16.9 Å². The Hall–Kier alpha value is -0.900. The van der Waals surface area contributed by atoms with Crippen molar-refractivity contribution in [3.05, 3.63) is 16.1 Å². The summed E-state index contributed by atoms with van der Waals surface area (Å²) >= 11 is 1.64. The van der Waals surface area contributed by atoms with Gasteiger partial charge in [0.1, 0.15) is 0 Å². The van der Waals surface area contributed by atoms with Crippen LogP contribution >= 0.6 is 11.3 Å². The van der Waals surface area contributed by atoms with E-state index in [4.69, 9.17) is 5.73 Å². The van der Waals surface area contributed by atoms with Crippen LogP contribution in [0.4, 0.5) is 0 Å². The van der Waals surface area contributed by atoms with Crippen LogP contribution in [-0.4, -0.2) is 10.8 Å². The number of thiazole rings is 1. The number of aliphatic imine (C=N–C) groups is 1. The maximum Gasteiger partial charge on any atom is 0.0941 e. The second kappa shape index (κ2) is 4.97. The second-order valence-corrected chi connectivity index (χ2v) is 3.86. The Bertz CT molecular complexity index is 291. The lowest BCUT2D eigenvalue weighted by Crippen LogP contribution is -2.10. The van der Waals surface area contributed by atoms with E-state index in [9.17, 15) is 0 Å². The molecule has 1 aromatic heterocycles. The molecule has 0 unspecified atom stereocenters. The smallest absolute Gasteiger partial charge is 0.0941 e. The Morgan fingerprint density at radius 3 is 3.00 bits per heavy atom. The van der Waals surface area contributed by atoms with Crippen molar-refractivity contribution in [2.75, 3.05) is 0 Å². The van der Waals surface area contributed by atoms with Gasteiger partial charge in [0, 0.05) is 11.3 Å². The van der Waals surface area contributed by atoms with Crippen LogP contribution in [0, 0.1) is 6.92 Å². The molecule has 0 bridgehead atoms. The van der Waals surface area contributed by atoms with Gasteiger partial charge in [0.25, 0.3) is 0 Å². The third kappa shape index (κ3) is 3.14. The van der Waals surface area contributed by atoms with Gasteiger partial charge < -0.3 is 5.73 Å². The first-order chi connectivity index (χ1) is 6.24. The van der Waals surface area contributed by atoms with Gasteiger partial charge in [0.05, 0.1) is 23.6 Å². The van der Waals surface area contributed by atoms with Crippen LogP contribution in [0.15, 0.2) is 10.5 Å². The molecule has 0 aliphatic carbocycles. The van der Waals surface area contributed by atoms with Crippen molar-refractivity contribution in [3.63, 3.8) is 0 Å². The van der Waals surface area contributed by atoms with Gasteiger partial charge in [0.15, 0.2) is 0 Å². The summed E-state index contributed by atoms with van der Waals surface area (Å²) < 4.78 is 0. The third-order valence-electron chi connectivity index (χ3n) is 1.78. The van der Waals surface area contributed by atoms with Gasteiger partial charge in [0.2, 0.25) is 0 Å². The lowest BCUT2D eigenvalue weighted by atomic mass is 10.3. The number of aryl methyl sites for hydroxylation is 1. The van der Waals surface area contributed by atoms with Crippen molar-refractivity contribution in [1.82, 2.24) is 4.98 Å². The summed E-state index contributed by atoms with van der Waals surface area (Å²) in [7, 11) is 0. The van der Waals surface area contributed by atoms with Crippen molar-refractivity contribution in [2.24, 2.45) is 10.7 Å². The van der Waals surface area contributed by atoms with Crippen molar-refractivity contribution in [3.8, 4) is 0 Å². The molecule has 0 amide bonds. The van der Waals surface area contributed by atoms with E-state index in [0.29, 0.717) is 6.54 Å². The number of hydrogen-bond donors (Lipinski definition) is 1. The quantitative estimate of drug-likeness (QED) is 0.593. The van der Waals surface area contributed by atoms with Crippen molar-refractivity contribution in [2.45, 2.75) is 33.2 Å². The molecule has 13 heavy (non-hydrogen) atoms. The number of hydrogen-bond acceptors (Lipinski definition) is 3. The number of nitrogens with zero attached hydrogens (tertiary/aromatic N) is 2. The topological polar surface area (TPSA) is 51.3 Å². The molecule has 0 atom stereocenters. The van der Waals surface area contributed by atoms with E-state index in [1.807, 2.05) is 12.4 Å². The maximum absolute atomic E-state index is 5.69. The van der Waals surface area contributed by atoms with Crippen molar-refractivity contribution in [1.29, 1.82) is 0 Å². The van der Waals surface area contributed by atoms with Gasteiger partial charge >= 0.3 is 0 Å². The van der Waals surface area contributed by atoms with Gasteiger partial charge in [-0.15, -0.1) is 11.3 Å². The first-order valence-electron chi connectivity index (χ1n) is 4.41. The maximum atomic E-state index is 5.69. The lowest BCUT2D eigenvalue weighted by molar-refractivity contribution is 0.955. The average molecular weight is 197 g/mol. The SMILES string of the molecule is CCCC(N)=NCc1scnc1C. The molecule has 0 aromatic carbocycles. The minimum absolute atomic E-state index is 0.683. The molecular weight excluding hydrogens is 182 g/mol. The number of aromatic nitrogens is 1. The van der Waals surface area contributed by atoms with E-state index in [0.717, 1.165) is 24.4 Å². The van der Waals surface area contributed by atoms with Crippen LogP contribution < -0.4 is 5.73 Å². The molecule has 0 saturated carbocycles. The number of rotatable bonds is 4. The van der Waals surface area contributed by atoms with Crippen LogP contribution in [0.1, 0.15) is 30.3 Å². The summed E-state index contributed by atoms with van der Waals surface area (Å²) in [5, 5.41) is 0. The highest BCUT2D eigenvalue weighted by molar-refractivity contribution is 7.09. The Morgan fingerprint density at radius 2 is 2.46 bits per heavy atom. The van der Waals surface area contributed by atoms with Crippen LogP contribution in [0.2, 0.25) is 0 Å². The molecule has 0 fully saturated rings. The minimum atomic E-state index is 0.683. The molecular formula is C9H15N3S.